The first-order valence-electron chi connectivity index (χ1n) is 22.1. The van der Waals surface area contributed by atoms with Crippen molar-refractivity contribution in [2.45, 2.75) is 194 Å². The van der Waals surface area contributed by atoms with Crippen molar-refractivity contribution in [1.29, 1.82) is 0 Å². The van der Waals surface area contributed by atoms with Gasteiger partial charge in [-0.15, -0.1) is 0 Å². The highest BCUT2D eigenvalue weighted by molar-refractivity contribution is 5.68. The van der Waals surface area contributed by atoms with Gasteiger partial charge in [-0.05, 0) is 96.7 Å². The SMILES string of the molecule is CC(=O)O[C@@H]1[C@@H](OC(C)=O)[C@H](O[C@H]2CC[C@]34C[C@]35CC[C@]3(C)[C@H]6[C@H](C)C[C@]7(O[C@H](OC(C)=O)[C@]8(C)O[C@H]78)O[C@H]6C[C@@]3(C)[C@@H]5C[C@H](OC(C)=O)[C@H]4C2(C)C)OC[C@H]1OC(C)=O. The van der Waals surface area contributed by atoms with E-state index in [1.807, 2.05) is 6.92 Å². The summed E-state index contributed by atoms with van der Waals surface area (Å²) in [7, 11) is 0. The molecule has 15 nitrogen and oxygen atoms in total. The van der Waals surface area contributed by atoms with Crippen molar-refractivity contribution in [3.05, 3.63) is 0 Å². The van der Waals surface area contributed by atoms with E-state index in [0.717, 1.165) is 38.5 Å². The number of ether oxygens (including phenoxy) is 10. The fourth-order valence-corrected chi connectivity index (χ4v) is 15.8. The summed E-state index contributed by atoms with van der Waals surface area (Å²) in [5.74, 6) is -2.79. The van der Waals surface area contributed by atoms with Crippen LogP contribution < -0.4 is 0 Å². The molecule has 0 aromatic carbocycles. The maximum absolute atomic E-state index is 13.1. The average Bonchev–Trinajstić information content (AvgIpc) is 3.96. The second-order valence-electron chi connectivity index (χ2n) is 21.3. The zero-order chi connectivity index (χ0) is 43.3. The van der Waals surface area contributed by atoms with E-state index in [0.29, 0.717) is 12.8 Å². The first-order chi connectivity index (χ1) is 28.0. The molecule has 0 bridgehead atoms. The van der Waals surface area contributed by atoms with Crippen molar-refractivity contribution < 1.29 is 71.3 Å². The second kappa shape index (κ2) is 13.6. The summed E-state index contributed by atoms with van der Waals surface area (Å²) in [4.78, 5) is 61.9. The largest absolute Gasteiger partial charge is 0.462 e. The minimum atomic E-state index is -1.20. The van der Waals surface area contributed by atoms with Gasteiger partial charge in [0.05, 0.1) is 18.8 Å². The van der Waals surface area contributed by atoms with Crippen LogP contribution in [0.5, 0.6) is 0 Å². The molecule has 4 saturated heterocycles. The van der Waals surface area contributed by atoms with Crippen molar-refractivity contribution in [3.8, 4) is 0 Å². The van der Waals surface area contributed by atoms with Gasteiger partial charge in [0.25, 0.3) is 0 Å². The van der Waals surface area contributed by atoms with E-state index >= 15 is 0 Å². The highest BCUT2D eigenvalue weighted by Gasteiger charge is 2.86. The Hall–Kier alpha value is -2.85. The molecule has 4 aliphatic heterocycles. The van der Waals surface area contributed by atoms with E-state index in [2.05, 4.69) is 34.6 Å². The van der Waals surface area contributed by atoms with Gasteiger partial charge in [-0.2, -0.15) is 0 Å². The van der Waals surface area contributed by atoms with Gasteiger partial charge in [-0.3, -0.25) is 24.0 Å². The molecule has 15 heteroatoms. The average molecular weight is 845 g/mol. The Morgan fingerprint density at radius 3 is 1.93 bits per heavy atom. The highest BCUT2D eigenvalue weighted by atomic mass is 16.9. The molecule has 0 radical (unpaired) electrons. The Morgan fingerprint density at radius 1 is 0.650 bits per heavy atom. The Morgan fingerprint density at radius 2 is 1.28 bits per heavy atom. The number of hydrogen-bond acceptors (Lipinski definition) is 15. The van der Waals surface area contributed by atoms with Crippen LogP contribution in [0.25, 0.3) is 0 Å². The van der Waals surface area contributed by atoms with Gasteiger partial charge in [0.1, 0.15) is 12.2 Å². The minimum absolute atomic E-state index is 0.0393. The zero-order valence-electron chi connectivity index (χ0n) is 37.0. The summed E-state index contributed by atoms with van der Waals surface area (Å²) >= 11 is 0. The molecule has 0 amide bonds. The lowest BCUT2D eigenvalue weighted by Crippen LogP contribution is -2.64. The standard InChI is InChI=1S/C45H64O15/c1-21-17-45(37-42(11,59-37)38(60-45)56-26(6)50)58-28-18-41(10)30-16-27(52-22(2)46)35-39(7,8)31(12-13-44(35)20-43(30,44)15-14-40(41,9)32(21)28)57-36-34(55-25(5)49)33(54-24(4)48)29(19-51-36)53-23(3)47/h21,27-38H,12-20H2,1-11H3/t21-,27+,28+,29-,30+,31+,32+,33+,34-,35+,36+,37+,38+,40-,41+,42-,43+,44-,45-/m1/s1. The molecule has 0 aromatic heterocycles. The molecular weight excluding hydrogens is 780 g/mol. The third-order valence-electron chi connectivity index (χ3n) is 17.8. The predicted molar refractivity (Wildman–Crippen MR) is 206 cm³/mol. The van der Waals surface area contributed by atoms with Crippen LogP contribution in [0.2, 0.25) is 0 Å². The molecule has 9 rings (SSSR count). The monoisotopic (exact) mass is 844 g/mol. The summed E-state index contributed by atoms with van der Waals surface area (Å²) in [6, 6.07) is 0. The fraction of sp³-hybridized carbons (Fsp3) is 0.889. The molecule has 9 fully saturated rings. The van der Waals surface area contributed by atoms with E-state index in [1.54, 1.807) is 0 Å². The summed E-state index contributed by atoms with van der Waals surface area (Å²) in [5.41, 5.74) is -1.50. The fourth-order valence-electron chi connectivity index (χ4n) is 15.8. The van der Waals surface area contributed by atoms with Crippen LogP contribution in [-0.4, -0.2) is 103 Å². The van der Waals surface area contributed by atoms with Crippen LogP contribution in [0.15, 0.2) is 0 Å². The topological polar surface area (TPSA) is 181 Å². The van der Waals surface area contributed by atoms with Crippen LogP contribution in [0.4, 0.5) is 0 Å². The molecule has 5 aliphatic carbocycles. The number of carbonyl (C=O) groups excluding carboxylic acids is 5. The van der Waals surface area contributed by atoms with Gasteiger partial charge in [0.2, 0.25) is 12.1 Å². The van der Waals surface area contributed by atoms with Gasteiger partial charge in [-0.25, -0.2) is 0 Å². The van der Waals surface area contributed by atoms with Crippen LogP contribution in [0.1, 0.15) is 128 Å². The van der Waals surface area contributed by atoms with Crippen LogP contribution in [0.3, 0.4) is 0 Å². The molecule has 3 spiro atoms. The van der Waals surface area contributed by atoms with E-state index in [1.165, 1.54) is 34.6 Å². The Bertz CT molecular complexity index is 1850. The predicted octanol–water partition coefficient (Wildman–Crippen LogP) is 5.31. The molecule has 9 aliphatic rings. The minimum Gasteiger partial charge on any atom is -0.462 e. The summed E-state index contributed by atoms with van der Waals surface area (Å²) in [5, 5.41) is 0. The number of carbonyl (C=O) groups is 5. The lowest BCUT2D eigenvalue weighted by Gasteiger charge is -2.64. The lowest BCUT2D eigenvalue weighted by molar-refractivity contribution is -0.345. The van der Waals surface area contributed by atoms with Gasteiger partial charge >= 0.3 is 29.8 Å². The summed E-state index contributed by atoms with van der Waals surface area (Å²) in [6.45, 7) is 20.1. The molecule has 19 atom stereocenters. The molecule has 0 N–H and O–H groups in total. The molecule has 0 unspecified atom stereocenters. The zero-order valence-corrected chi connectivity index (χ0v) is 37.0. The normalized spacial score (nSPS) is 52.5. The molecule has 5 saturated carbocycles. The van der Waals surface area contributed by atoms with Crippen LogP contribution in [0, 0.1) is 50.7 Å². The molecule has 0 aromatic rings. The first-order valence-corrected chi connectivity index (χ1v) is 22.1. The van der Waals surface area contributed by atoms with Gasteiger partial charge in [0.15, 0.2) is 30.2 Å². The molecule has 60 heavy (non-hydrogen) atoms. The van der Waals surface area contributed by atoms with Crippen LogP contribution >= 0.6 is 0 Å². The van der Waals surface area contributed by atoms with Gasteiger partial charge < -0.3 is 47.4 Å². The van der Waals surface area contributed by atoms with Crippen LogP contribution in [-0.2, 0) is 71.3 Å². The van der Waals surface area contributed by atoms with E-state index in [9.17, 15) is 24.0 Å². The van der Waals surface area contributed by atoms with Crippen molar-refractivity contribution in [2.24, 2.45) is 50.7 Å². The molecule has 334 valence electrons. The quantitative estimate of drug-likeness (QED) is 0.139. The molecule has 4 heterocycles. The third kappa shape index (κ3) is 5.86. The smallest absolute Gasteiger partial charge is 0.305 e. The van der Waals surface area contributed by atoms with Crippen molar-refractivity contribution in [1.82, 2.24) is 0 Å². The van der Waals surface area contributed by atoms with Crippen molar-refractivity contribution in [3.63, 3.8) is 0 Å². The first kappa shape index (κ1) is 42.5. The van der Waals surface area contributed by atoms with Gasteiger partial charge in [0, 0.05) is 47.0 Å². The maximum atomic E-state index is 13.1. The second-order valence-corrected chi connectivity index (χ2v) is 21.3. The number of fused-ring (bicyclic) bond motifs is 6. The van der Waals surface area contributed by atoms with Crippen molar-refractivity contribution in [2.75, 3.05) is 6.61 Å². The van der Waals surface area contributed by atoms with E-state index in [-0.39, 0.29) is 76.2 Å². The number of hydrogen-bond donors (Lipinski definition) is 0. The lowest BCUT2D eigenvalue weighted by atomic mass is 9.41. The maximum Gasteiger partial charge on any atom is 0.305 e. The summed E-state index contributed by atoms with van der Waals surface area (Å²) < 4.78 is 61.8. The number of rotatable bonds is 7. The third-order valence-corrected chi connectivity index (χ3v) is 17.8. The Labute approximate surface area is 352 Å². The Balaban J connectivity index is 0.998. The number of esters is 5. The van der Waals surface area contributed by atoms with E-state index in [4.69, 9.17) is 47.4 Å². The highest BCUT2D eigenvalue weighted by Crippen LogP contribution is 2.89. The van der Waals surface area contributed by atoms with Gasteiger partial charge in [-0.1, -0.05) is 34.6 Å². The summed E-state index contributed by atoms with van der Waals surface area (Å²) in [6.07, 6.45) is 0.470. The van der Waals surface area contributed by atoms with E-state index < -0.39 is 77.7 Å². The molecular formula is C45H64O15. The van der Waals surface area contributed by atoms with Crippen molar-refractivity contribution >= 4 is 29.8 Å². The number of epoxide rings is 1. The Kier molecular flexibility index (Phi) is 9.61.